The molecule has 0 heterocycles. The van der Waals surface area contributed by atoms with E-state index in [2.05, 4.69) is 5.32 Å². The zero-order valence-corrected chi connectivity index (χ0v) is 12.5. The molecule has 0 aliphatic heterocycles. The van der Waals surface area contributed by atoms with Crippen LogP contribution in [0, 0.1) is 0 Å². The fourth-order valence-electron chi connectivity index (χ4n) is 1.49. The van der Waals surface area contributed by atoms with Crippen LogP contribution >= 0.6 is 0 Å². The van der Waals surface area contributed by atoms with Crippen molar-refractivity contribution in [3.63, 3.8) is 0 Å². The monoisotopic (exact) mass is 306 g/mol. The highest BCUT2D eigenvalue weighted by Gasteiger charge is 2.09. The summed E-state index contributed by atoms with van der Waals surface area (Å²) in [5.41, 5.74) is 6.66. The molecule has 1 aromatic rings. The summed E-state index contributed by atoms with van der Waals surface area (Å²) in [6.07, 6.45) is 2.76. The van der Waals surface area contributed by atoms with Gasteiger partial charge in [0.15, 0.2) is 9.84 Å². The Kier molecular flexibility index (Phi) is 4.81. The topological polar surface area (TPSA) is 106 Å². The van der Waals surface area contributed by atoms with Crippen LogP contribution in [0.15, 0.2) is 23.1 Å². The standard InChI is InChI=1S/C11H18N2O4S2/c1-18(14,15)7-3-6-13-11-5-4-9(8-10(11)12)19(2,16)17/h4-5,8,13H,3,6-7,12H2,1-2H3. The zero-order chi connectivity index (χ0) is 14.7. The summed E-state index contributed by atoms with van der Waals surface area (Å²) in [4.78, 5) is 0.159. The number of hydrogen-bond donors (Lipinski definition) is 2. The van der Waals surface area contributed by atoms with Gasteiger partial charge in [0.05, 0.1) is 22.0 Å². The van der Waals surface area contributed by atoms with Crippen molar-refractivity contribution in [3.05, 3.63) is 18.2 Å². The molecule has 3 N–H and O–H groups in total. The van der Waals surface area contributed by atoms with E-state index in [1.54, 1.807) is 6.07 Å². The van der Waals surface area contributed by atoms with Gasteiger partial charge < -0.3 is 11.1 Å². The molecule has 8 heteroatoms. The molecule has 0 radical (unpaired) electrons. The molecule has 0 unspecified atom stereocenters. The summed E-state index contributed by atoms with van der Waals surface area (Å²) in [6.45, 7) is 0.454. The number of nitrogens with one attached hydrogen (secondary N) is 1. The van der Waals surface area contributed by atoms with Crippen molar-refractivity contribution in [1.82, 2.24) is 0 Å². The van der Waals surface area contributed by atoms with Crippen molar-refractivity contribution >= 4 is 31.0 Å². The third-order valence-electron chi connectivity index (χ3n) is 2.46. The number of rotatable bonds is 6. The maximum Gasteiger partial charge on any atom is 0.175 e. The van der Waals surface area contributed by atoms with Crippen molar-refractivity contribution in [2.75, 3.05) is 35.9 Å². The van der Waals surface area contributed by atoms with Crippen LogP contribution in [0.1, 0.15) is 6.42 Å². The van der Waals surface area contributed by atoms with E-state index in [1.165, 1.54) is 18.4 Å². The van der Waals surface area contributed by atoms with Crippen molar-refractivity contribution in [1.29, 1.82) is 0 Å². The van der Waals surface area contributed by atoms with Gasteiger partial charge in [0.25, 0.3) is 0 Å². The number of anilines is 2. The maximum atomic E-state index is 11.3. The van der Waals surface area contributed by atoms with E-state index < -0.39 is 19.7 Å². The van der Waals surface area contributed by atoms with Crippen LogP contribution in [0.5, 0.6) is 0 Å². The van der Waals surface area contributed by atoms with Gasteiger partial charge in [-0.25, -0.2) is 16.8 Å². The molecule has 1 rings (SSSR count). The van der Waals surface area contributed by atoms with Gasteiger partial charge in [0.1, 0.15) is 9.84 Å². The van der Waals surface area contributed by atoms with Crippen molar-refractivity contribution in [3.8, 4) is 0 Å². The summed E-state index contributed by atoms with van der Waals surface area (Å²) in [7, 11) is -6.24. The molecule has 0 fully saturated rings. The first-order valence-electron chi connectivity index (χ1n) is 5.61. The Morgan fingerprint density at radius 1 is 1.16 bits per heavy atom. The second-order valence-corrected chi connectivity index (χ2v) is 8.71. The smallest absolute Gasteiger partial charge is 0.175 e. The Bertz CT molecular complexity index is 651. The van der Waals surface area contributed by atoms with Gasteiger partial charge in [-0.05, 0) is 24.6 Å². The second kappa shape index (κ2) is 5.79. The van der Waals surface area contributed by atoms with Crippen LogP contribution in [0.4, 0.5) is 11.4 Å². The van der Waals surface area contributed by atoms with E-state index in [0.717, 1.165) is 6.26 Å². The van der Waals surface area contributed by atoms with Gasteiger partial charge in [0.2, 0.25) is 0 Å². The predicted molar refractivity (Wildman–Crippen MR) is 76.8 cm³/mol. The summed E-state index contributed by atoms with van der Waals surface area (Å²) in [5.74, 6) is 0.0985. The van der Waals surface area contributed by atoms with Crippen molar-refractivity contribution in [2.45, 2.75) is 11.3 Å². The molecule has 19 heavy (non-hydrogen) atoms. The lowest BCUT2D eigenvalue weighted by Gasteiger charge is -2.10. The largest absolute Gasteiger partial charge is 0.397 e. The van der Waals surface area contributed by atoms with Crippen molar-refractivity contribution < 1.29 is 16.8 Å². The van der Waals surface area contributed by atoms with Crippen molar-refractivity contribution in [2.24, 2.45) is 0 Å². The number of nitrogens with two attached hydrogens (primary N) is 1. The number of sulfone groups is 2. The lowest BCUT2D eigenvalue weighted by molar-refractivity contribution is 0.598. The zero-order valence-electron chi connectivity index (χ0n) is 10.9. The summed E-state index contributed by atoms with van der Waals surface area (Å²) in [6, 6.07) is 4.42. The lowest BCUT2D eigenvalue weighted by Crippen LogP contribution is -2.11. The van der Waals surface area contributed by atoms with Crippen LogP contribution in [0.25, 0.3) is 0 Å². The van der Waals surface area contributed by atoms with Gasteiger partial charge in [0, 0.05) is 19.1 Å². The highest BCUT2D eigenvalue weighted by molar-refractivity contribution is 7.91. The highest BCUT2D eigenvalue weighted by Crippen LogP contribution is 2.22. The second-order valence-electron chi connectivity index (χ2n) is 4.43. The molecule has 6 nitrogen and oxygen atoms in total. The average Bonchev–Trinajstić information content (AvgIpc) is 2.23. The van der Waals surface area contributed by atoms with Gasteiger partial charge in [-0.1, -0.05) is 0 Å². The summed E-state index contributed by atoms with van der Waals surface area (Å²) >= 11 is 0. The van der Waals surface area contributed by atoms with Gasteiger partial charge >= 0.3 is 0 Å². The number of benzene rings is 1. The van der Waals surface area contributed by atoms with Crippen LogP contribution in [0.2, 0.25) is 0 Å². The molecule has 0 aromatic heterocycles. The molecule has 0 aliphatic carbocycles. The first-order valence-corrected chi connectivity index (χ1v) is 9.56. The lowest BCUT2D eigenvalue weighted by atomic mass is 10.2. The molecule has 0 saturated carbocycles. The van der Waals surface area contributed by atoms with E-state index >= 15 is 0 Å². The minimum absolute atomic E-state index is 0.0985. The van der Waals surface area contributed by atoms with E-state index in [0.29, 0.717) is 24.3 Å². The Morgan fingerprint density at radius 2 is 1.79 bits per heavy atom. The highest BCUT2D eigenvalue weighted by atomic mass is 32.2. The molecular weight excluding hydrogens is 288 g/mol. The number of hydrogen-bond acceptors (Lipinski definition) is 6. The average molecular weight is 306 g/mol. The molecule has 0 spiro atoms. The Morgan fingerprint density at radius 3 is 2.26 bits per heavy atom. The Hall–Kier alpha value is -1.28. The molecule has 0 bridgehead atoms. The minimum atomic E-state index is -3.27. The van der Waals surface area contributed by atoms with Gasteiger partial charge in [-0.3, -0.25) is 0 Å². The first-order chi connectivity index (χ1) is 8.59. The molecular formula is C11H18N2O4S2. The molecule has 108 valence electrons. The van der Waals surface area contributed by atoms with E-state index in [-0.39, 0.29) is 10.6 Å². The third kappa shape index (κ3) is 5.48. The maximum absolute atomic E-state index is 11.3. The summed E-state index contributed by atoms with van der Waals surface area (Å²) < 4.78 is 44.5. The van der Waals surface area contributed by atoms with E-state index in [4.69, 9.17) is 5.73 Å². The predicted octanol–water partition coefficient (Wildman–Crippen LogP) is 0.519. The van der Waals surface area contributed by atoms with Gasteiger partial charge in [-0.2, -0.15) is 0 Å². The Labute approximate surface area is 113 Å². The molecule has 0 atom stereocenters. The van der Waals surface area contributed by atoms with Crippen LogP contribution in [0.3, 0.4) is 0 Å². The first kappa shape index (κ1) is 15.8. The minimum Gasteiger partial charge on any atom is -0.397 e. The quantitative estimate of drug-likeness (QED) is 0.586. The molecule has 1 aromatic carbocycles. The Balaban J connectivity index is 2.66. The normalized spacial score (nSPS) is 12.3. The summed E-state index contributed by atoms with van der Waals surface area (Å²) in [5, 5.41) is 2.98. The molecule has 0 aliphatic rings. The van der Waals surface area contributed by atoms with Crippen LogP contribution < -0.4 is 11.1 Å². The van der Waals surface area contributed by atoms with E-state index in [9.17, 15) is 16.8 Å². The number of nitrogen functional groups attached to an aromatic ring is 1. The van der Waals surface area contributed by atoms with Crippen LogP contribution in [-0.2, 0) is 19.7 Å². The van der Waals surface area contributed by atoms with E-state index in [1.807, 2.05) is 0 Å². The SMILES string of the molecule is CS(=O)(=O)CCCNc1ccc(S(C)(=O)=O)cc1N. The fraction of sp³-hybridized carbons (Fsp3) is 0.455. The van der Waals surface area contributed by atoms with Crippen LogP contribution in [-0.4, -0.2) is 41.6 Å². The van der Waals surface area contributed by atoms with Gasteiger partial charge in [-0.15, -0.1) is 0 Å². The third-order valence-corrected chi connectivity index (χ3v) is 4.60. The fourth-order valence-corrected chi connectivity index (χ4v) is 2.81. The molecule has 0 saturated heterocycles. The molecule has 0 amide bonds.